The van der Waals surface area contributed by atoms with Gasteiger partial charge >= 0.3 is 6.09 Å². The van der Waals surface area contributed by atoms with E-state index in [1.807, 2.05) is 27.7 Å². The molecule has 0 unspecified atom stereocenters. The third-order valence-corrected chi connectivity index (χ3v) is 2.36. The highest BCUT2D eigenvalue weighted by molar-refractivity contribution is 5.68. The average Bonchev–Trinajstić information content (AvgIpc) is 2.32. The first-order chi connectivity index (χ1) is 9.31. The molecule has 0 bridgehead atoms. The Bertz CT molecular complexity index is 444. The largest absolute Gasteiger partial charge is 0.444 e. The first-order valence-corrected chi connectivity index (χ1v) is 6.59. The van der Waals surface area contributed by atoms with E-state index < -0.39 is 11.7 Å². The number of hydrogen-bond donors (Lipinski definition) is 2. The predicted molar refractivity (Wildman–Crippen MR) is 77.3 cm³/mol. The minimum absolute atomic E-state index is 0.334. The summed E-state index contributed by atoms with van der Waals surface area (Å²) in [6, 6.07) is 1.41. The lowest BCUT2D eigenvalue weighted by atomic mass is 10.1. The van der Waals surface area contributed by atoms with Gasteiger partial charge in [-0.3, -0.25) is 4.98 Å². The van der Waals surface area contributed by atoms with Crippen molar-refractivity contribution in [2.24, 2.45) is 0 Å². The molecular formula is C14H23N3O3. The average molecular weight is 281 g/mol. The topological polar surface area (TPSA) is 86.5 Å². The molecule has 1 atom stereocenters. The van der Waals surface area contributed by atoms with Crippen LogP contribution in [0.15, 0.2) is 18.5 Å². The number of hydrogen-bond acceptors (Lipinski definition) is 5. The SMILES string of the molecule is CCOC[C@@H](NC(=O)OC(C)(C)C)c1cncc(N)c1. The Balaban J connectivity index is 2.77. The molecule has 1 aromatic heterocycles. The van der Waals surface area contributed by atoms with Crippen molar-refractivity contribution >= 4 is 11.8 Å². The molecule has 0 spiro atoms. The van der Waals surface area contributed by atoms with Crippen LogP contribution in [0.2, 0.25) is 0 Å². The summed E-state index contributed by atoms with van der Waals surface area (Å²) in [6.45, 7) is 8.22. The van der Waals surface area contributed by atoms with Crippen molar-refractivity contribution in [3.63, 3.8) is 0 Å². The molecule has 0 aromatic carbocycles. The van der Waals surface area contributed by atoms with Crippen molar-refractivity contribution in [2.45, 2.75) is 39.3 Å². The zero-order valence-electron chi connectivity index (χ0n) is 12.5. The molecule has 0 saturated carbocycles. The van der Waals surface area contributed by atoms with Gasteiger partial charge in [0.25, 0.3) is 0 Å². The highest BCUT2D eigenvalue weighted by Gasteiger charge is 2.21. The summed E-state index contributed by atoms with van der Waals surface area (Å²) < 4.78 is 10.6. The van der Waals surface area contributed by atoms with Gasteiger partial charge in [0.1, 0.15) is 5.60 Å². The highest BCUT2D eigenvalue weighted by Crippen LogP contribution is 2.16. The van der Waals surface area contributed by atoms with Crippen LogP contribution in [0, 0.1) is 0 Å². The second-order valence-corrected chi connectivity index (χ2v) is 5.41. The van der Waals surface area contributed by atoms with Crippen LogP contribution < -0.4 is 11.1 Å². The van der Waals surface area contributed by atoms with E-state index in [2.05, 4.69) is 10.3 Å². The van der Waals surface area contributed by atoms with E-state index in [1.165, 1.54) is 0 Å². The van der Waals surface area contributed by atoms with Crippen LogP contribution in [-0.2, 0) is 9.47 Å². The second-order valence-electron chi connectivity index (χ2n) is 5.41. The lowest BCUT2D eigenvalue weighted by molar-refractivity contribution is 0.0448. The maximum atomic E-state index is 11.8. The highest BCUT2D eigenvalue weighted by atomic mass is 16.6. The number of ether oxygens (including phenoxy) is 2. The van der Waals surface area contributed by atoms with Crippen LogP contribution in [0.4, 0.5) is 10.5 Å². The van der Waals surface area contributed by atoms with Crippen LogP contribution in [0.5, 0.6) is 0 Å². The number of carbonyl (C=O) groups excluding carboxylic acids is 1. The van der Waals surface area contributed by atoms with E-state index >= 15 is 0 Å². The van der Waals surface area contributed by atoms with Crippen molar-refractivity contribution in [3.8, 4) is 0 Å². The molecule has 0 aliphatic rings. The van der Waals surface area contributed by atoms with Gasteiger partial charge in [-0.1, -0.05) is 0 Å². The second kappa shape index (κ2) is 7.09. The summed E-state index contributed by atoms with van der Waals surface area (Å²) in [5, 5.41) is 2.77. The zero-order chi connectivity index (χ0) is 15.2. The molecule has 6 heteroatoms. The lowest BCUT2D eigenvalue weighted by Crippen LogP contribution is -2.36. The molecule has 3 N–H and O–H groups in total. The number of pyridine rings is 1. The van der Waals surface area contributed by atoms with Gasteiger partial charge < -0.3 is 20.5 Å². The van der Waals surface area contributed by atoms with Crippen LogP contribution in [0.25, 0.3) is 0 Å². The molecule has 1 amide bonds. The van der Waals surface area contributed by atoms with E-state index in [9.17, 15) is 4.79 Å². The quantitative estimate of drug-likeness (QED) is 0.864. The third-order valence-electron chi connectivity index (χ3n) is 2.36. The van der Waals surface area contributed by atoms with Gasteiger partial charge in [-0.25, -0.2) is 4.79 Å². The van der Waals surface area contributed by atoms with Crippen LogP contribution >= 0.6 is 0 Å². The van der Waals surface area contributed by atoms with E-state index in [-0.39, 0.29) is 6.04 Å². The fraction of sp³-hybridized carbons (Fsp3) is 0.571. The van der Waals surface area contributed by atoms with E-state index in [4.69, 9.17) is 15.2 Å². The van der Waals surface area contributed by atoms with Gasteiger partial charge in [-0.05, 0) is 39.3 Å². The van der Waals surface area contributed by atoms with Crippen LogP contribution in [0.3, 0.4) is 0 Å². The van der Waals surface area contributed by atoms with Gasteiger partial charge in [-0.2, -0.15) is 0 Å². The number of nitrogens with two attached hydrogens (primary N) is 1. The predicted octanol–water partition coefficient (Wildman–Crippen LogP) is 2.27. The maximum Gasteiger partial charge on any atom is 0.408 e. The normalized spacial score (nSPS) is 12.8. The first kappa shape index (κ1) is 16.2. The molecule has 0 fully saturated rings. The monoisotopic (exact) mass is 281 g/mol. The third kappa shape index (κ3) is 5.88. The fourth-order valence-corrected chi connectivity index (χ4v) is 1.57. The lowest BCUT2D eigenvalue weighted by Gasteiger charge is -2.23. The van der Waals surface area contributed by atoms with Gasteiger partial charge in [0.05, 0.1) is 18.3 Å². The summed E-state index contributed by atoms with van der Waals surface area (Å²) in [5.41, 5.74) is 6.48. The zero-order valence-corrected chi connectivity index (χ0v) is 12.5. The Morgan fingerprint density at radius 2 is 2.15 bits per heavy atom. The number of nitrogen functional groups attached to an aromatic ring is 1. The number of nitrogens with one attached hydrogen (secondary N) is 1. The summed E-state index contributed by atoms with van der Waals surface area (Å²) in [4.78, 5) is 15.9. The number of rotatable bonds is 5. The Kier molecular flexibility index (Phi) is 5.76. The van der Waals surface area contributed by atoms with Crippen molar-refractivity contribution in [3.05, 3.63) is 24.0 Å². The van der Waals surface area contributed by atoms with Crippen LogP contribution in [-0.4, -0.2) is 29.9 Å². The molecule has 20 heavy (non-hydrogen) atoms. The summed E-state index contributed by atoms with van der Waals surface area (Å²) in [5.74, 6) is 0. The standard InChI is InChI=1S/C14H23N3O3/c1-5-19-9-12(10-6-11(15)8-16-7-10)17-13(18)20-14(2,3)4/h6-8,12H,5,9,15H2,1-4H3,(H,17,18)/t12-/m1/s1. The molecule has 0 aliphatic heterocycles. The van der Waals surface area contributed by atoms with Crippen LogP contribution in [0.1, 0.15) is 39.3 Å². The minimum atomic E-state index is -0.547. The van der Waals surface area contributed by atoms with E-state index in [0.717, 1.165) is 5.56 Å². The molecule has 112 valence electrons. The smallest absolute Gasteiger partial charge is 0.408 e. The van der Waals surface area contributed by atoms with Crippen molar-refractivity contribution in [1.29, 1.82) is 0 Å². The molecule has 0 aliphatic carbocycles. The number of carbonyl (C=O) groups is 1. The molecule has 1 rings (SSSR count). The van der Waals surface area contributed by atoms with Gasteiger partial charge in [0.15, 0.2) is 0 Å². The van der Waals surface area contributed by atoms with Crippen molar-refractivity contribution in [1.82, 2.24) is 10.3 Å². The van der Waals surface area contributed by atoms with E-state index in [1.54, 1.807) is 18.5 Å². The number of anilines is 1. The molecule has 0 saturated heterocycles. The Morgan fingerprint density at radius 1 is 1.45 bits per heavy atom. The van der Waals surface area contributed by atoms with Gasteiger partial charge in [0.2, 0.25) is 0 Å². The molecular weight excluding hydrogens is 258 g/mol. The Morgan fingerprint density at radius 3 is 2.70 bits per heavy atom. The van der Waals surface area contributed by atoms with Crippen molar-refractivity contribution < 1.29 is 14.3 Å². The number of nitrogens with zero attached hydrogens (tertiary/aromatic N) is 1. The Labute approximate surface area is 119 Å². The molecule has 6 nitrogen and oxygen atoms in total. The summed E-state index contributed by atoms with van der Waals surface area (Å²) in [6.07, 6.45) is 2.70. The minimum Gasteiger partial charge on any atom is -0.444 e. The number of alkyl carbamates (subject to hydrolysis) is 1. The van der Waals surface area contributed by atoms with Crippen molar-refractivity contribution in [2.75, 3.05) is 18.9 Å². The maximum absolute atomic E-state index is 11.8. The van der Waals surface area contributed by atoms with E-state index in [0.29, 0.717) is 18.9 Å². The van der Waals surface area contributed by atoms with Gasteiger partial charge in [-0.15, -0.1) is 0 Å². The molecule has 0 radical (unpaired) electrons. The fourth-order valence-electron chi connectivity index (χ4n) is 1.57. The van der Waals surface area contributed by atoms with Gasteiger partial charge in [0, 0.05) is 19.0 Å². The number of amides is 1. The summed E-state index contributed by atoms with van der Waals surface area (Å²) in [7, 11) is 0. The molecule has 1 aromatic rings. The number of aromatic nitrogens is 1. The summed E-state index contributed by atoms with van der Waals surface area (Å²) >= 11 is 0. The molecule has 1 heterocycles. The Hall–Kier alpha value is -1.82. The first-order valence-electron chi connectivity index (χ1n) is 6.59.